The van der Waals surface area contributed by atoms with Crippen LogP contribution in [0.3, 0.4) is 0 Å². The molecule has 2 aliphatic heterocycles. The fourth-order valence-electron chi connectivity index (χ4n) is 7.28. The predicted molar refractivity (Wildman–Crippen MR) is 194 cm³/mol. The maximum absolute atomic E-state index is 14.1. The van der Waals surface area contributed by atoms with Crippen LogP contribution >= 0.6 is 31.9 Å². The third kappa shape index (κ3) is 7.97. The quantitative estimate of drug-likeness (QED) is 0.0995. The summed E-state index contributed by atoms with van der Waals surface area (Å²) in [6, 6.07) is 3.40. The third-order valence-corrected chi connectivity index (χ3v) is 11.2. The highest BCUT2D eigenvalue weighted by molar-refractivity contribution is 9.10. The molecule has 0 aliphatic carbocycles. The normalized spacial score (nSPS) is 15.8. The molecule has 252 valence electrons. The second-order valence-corrected chi connectivity index (χ2v) is 15.2. The van der Waals surface area contributed by atoms with Crippen molar-refractivity contribution < 1.29 is 19.2 Å². The molecule has 2 aromatic carbocycles. The summed E-state index contributed by atoms with van der Waals surface area (Å²) in [5.74, 6) is -0.932. The Labute approximate surface area is 292 Å². The fraction of sp³-hybridized carbons (Fsp3) is 0.632. The number of hydrogen-bond acceptors (Lipinski definition) is 4. The zero-order chi connectivity index (χ0) is 33.4. The lowest BCUT2D eigenvalue weighted by Gasteiger charge is -2.35. The standard InChI is InChI=1S/C38H52Br2N2O4/c1-5-9-13-15-19-25(17-11-7-3)23-41-35(43)27-21-30(40)34-32-28(22-29(39)33(31(27)32)37(41)45)36(44)42(38(34)46)24-26(18-12-8-4)20-16-14-10-6-2/h21-22,25-26H,5-20,23-24H2,1-4H3. The number of rotatable bonds is 20. The number of unbranched alkanes of at least 4 members (excludes halogenated alkanes) is 8. The van der Waals surface area contributed by atoms with Crippen LogP contribution in [0.1, 0.15) is 172 Å². The molecule has 2 atom stereocenters. The van der Waals surface area contributed by atoms with Gasteiger partial charge in [-0.1, -0.05) is 105 Å². The molecule has 0 fully saturated rings. The predicted octanol–water partition coefficient (Wildman–Crippen LogP) is 11.1. The van der Waals surface area contributed by atoms with Gasteiger partial charge in [0.15, 0.2) is 0 Å². The fourth-order valence-corrected chi connectivity index (χ4v) is 8.47. The Hall–Kier alpha value is -2.06. The van der Waals surface area contributed by atoms with Gasteiger partial charge in [0, 0.05) is 43.9 Å². The van der Waals surface area contributed by atoms with E-state index in [-0.39, 0.29) is 35.5 Å². The smallest absolute Gasteiger partial charge is 0.262 e. The Kier molecular flexibility index (Phi) is 13.9. The highest BCUT2D eigenvalue weighted by Gasteiger charge is 2.43. The molecule has 2 aromatic rings. The van der Waals surface area contributed by atoms with Crippen LogP contribution in [0, 0.1) is 11.8 Å². The number of carbonyl (C=O) groups excluding carboxylic acids is 4. The highest BCUT2D eigenvalue weighted by Crippen LogP contribution is 2.44. The Balaban J connectivity index is 1.69. The van der Waals surface area contributed by atoms with E-state index in [1.54, 1.807) is 12.1 Å². The molecular weight excluding hydrogens is 708 g/mol. The first-order valence-corrected chi connectivity index (χ1v) is 19.5. The van der Waals surface area contributed by atoms with Crippen molar-refractivity contribution in [1.29, 1.82) is 0 Å². The van der Waals surface area contributed by atoms with Gasteiger partial charge in [-0.25, -0.2) is 0 Å². The van der Waals surface area contributed by atoms with Crippen molar-refractivity contribution in [2.24, 2.45) is 11.8 Å². The van der Waals surface area contributed by atoms with Crippen LogP contribution < -0.4 is 0 Å². The monoisotopic (exact) mass is 758 g/mol. The summed E-state index contributed by atoms with van der Waals surface area (Å²) in [6.07, 6.45) is 17.4. The number of benzene rings is 2. The lowest BCUT2D eigenvalue weighted by Crippen LogP contribution is -2.46. The summed E-state index contributed by atoms with van der Waals surface area (Å²) in [5.41, 5.74) is 1.48. The Morgan fingerprint density at radius 2 is 0.848 bits per heavy atom. The van der Waals surface area contributed by atoms with Crippen LogP contribution in [0.4, 0.5) is 0 Å². The van der Waals surface area contributed by atoms with E-state index in [0.29, 0.717) is 55.1 Å². The largest absolute Gasteiger partial charge is 0.274 e. The second-order valence-electron chi connectivity index (χ2n) is 13.5. The van der Waals surface area contributed by atoms with Gasteiger partial charge in [0.2, 0.25) is 0 Å². The maximum Gasteiger partial charge on any atom is 0.262 e. The van der Waals surface area contributed by atoms with Gasteiger partial charge in [-0.2, -0.15) is 0 Å². The summed E-state index contributed by atoms with van der Waals surface area (Å²) >= 11 is 7.26. The molecular formula is C38H52Br2N2O4. The lowest BCUT2D eigenvalue weighted by molar-refractivity contribution is 0.0555. The van der Waals surface area contributed by atoms with E-state index >= 15 is 0 Å². The molecule has 4 amide bonds. The number of hydrogen-bond donors (Lipinski definition) is 0. The number of imide groups is 2. The van der Waals surface area contributed by atoms with Crippen LogP contribution in [0.25, 0.3) is 10.8 Å². The SMILES string of the molecule is CCCCCCC(CCCC)CN1C(=O)c2cc(Br)c3c4c(cc(Br)c(c24)C1=O)C(=O)N(CC(CCCC)CCCCCC)C3=O. The zero-order valence-electron chi connectivity index (χ0n) is 28.3. The van der Waals surface area contributed by atoms with Crippen molar-refractivity contribution in [2.75, 3.05) is 13.1 Å². The van der Waals surface area contributed by atoms with Crippen molar-refractivity contribution in [3.63, 3.8) is 0 Å². The minimum atomic E-state index is -0.353. The van der Waals surface area contributed by atoms with Gasteiger partial charge in [-0.3, -0.25) is 29.0 Å². The lowest BCUT2D eigenvalue weighted by atomic mass is 9.84. The van der Waals surface area contributed by atoms with Gasteiger partial charge in [0.25, 0.3) is 23.6 Å². The minimum absolute atomic E-state index is 0.237. The number of halogens is 2. The van der Waals surface area contributed by atoms with Crippen molar-refractivity contribution >= 4 is 66.3 Å². The van der Waals surface area contributed by atoms with Crippen LogP contribution in [-0.4, -0.2) is 46.5 Å². The van der Waals surface area contributed by atoms with E-state index < -0.39 is 0 Å². The Morgan fingerprint density at radius 3 is 1.20 bits per heavy atom. The van der Waals surface area contributed by atoms with Gasteiger partial charge in [-0.15, -0.1) is 0 Å². The van der Waals surface area contributed by atoms with Gasteiger partial charge < -0.3 is 0 Å². The summed E-state index contributed by atoms with van der Waals surface area (Å²) in [4.78, 5) is 59.3. The molecule has 2 aliphatic rings. The first kappa shape index (κ1) is 36.8. The van der Waals surface area contributed by atoms with Gasteiger partial charge >= 0.3 is 0 Å². The third-order valence-electron chi connectivity index (χ3n) is 9.92. The number of amides is 4. The van der Waals surface area contributed by atoms with Crippen LogP contribution in [0.5, 0.6) is 0 Å². The molecule has 2 heterocycles. The van der Waals surface area contributed by atoms with E-state index in [4.69, 9.17) is 0 Å². The van der Waals surface area contributed by atoms with Gasteiger partial charge in [0.05, 0.1) is 11.1 Å². The van der Waals surface area contributed by atoms with Gasteiger partial charge in [0.1, 0.15) is 0 Å². The molecule has 0 aromatic heterocycles. The molecule has 8 heteroatoms. The summed E-state index contributed by atoms with van der Waals surface area (Å²) in [5, 5.41) is 0.843. The van der Waals surface area contributed by atoms with Crippen molar-refractivity contribution in [3.05, 3.63) is 43.3 Å². The van der Waals surface area contributed by atoms with Crippen molar-refractivity contribution in [3.8, 4) is 0 Å². The average Bonchev–Trinajstić information content (AvgIpc) is 3.04. The van der Waals surface area contributed by atoms with E-state index in [2.05, 4.69) is 59.6 Å². The summed E-state index contributed by atoms with van der Waals surface area (Å²) in [6.45, 7) is 9.48. The number of carbonyl (C=O) groups is 4. The van der Waals surface area contributed by atoms with Crippen LogP contribution in [-0.2, 0) is 0 Å². The second kappa shape index (κ2) is 17.4. The molecule has 0 saturated carbocycles. The minimum Gasteiger partial charge on any atom is -0.274 e. The average molecular weight is 761 g/mol. The van der Waals surface area contributed by atoms with E-state index in [0.717, 1.165) is 89.9 Å². The summed E-state index contributed by atoms with van der Waals surface area (Å²) in [7, 11) is 0. The van der Waals surface area contributed by atoms with Crippen LogP contribution in [0.2, 0.25) is 0 Å². The maximum atomic E-state index is 14.1. The van der Waals surface area contributed by atoms with E-state index in [1.807, 2.05) is 0 Å². The van der Waals surface area contributed by atoms with Gasteiger partial charge in [-0.05, 0) is 81.5 Å². The molecule has 0 N–H and O–H groups in total. The zero-order valence-corrected chi connectivity index (χ0v) is 31.5. The van der Waals surface area contributed by atoms with Crippen molar-refractivity contribution in [2.45, 2.75) is 130 Å². The van der Waals surface area contributed by atoms with Crippen molar-refractivity contribution in [1.82, 2.24) is 9.80 Å². The Morgan fingerprint density at radius 1 is 0.500 bits per heavy atom. The molecule has 46 heavy (non-hydrogen) atoms. The van der Waals surface area contributed by atoms with E-state index in [1.165, 1.54) is 22.6 Å². The highest BCUT2D eigenvalue weighted by atomic mass is 79.9. The molecule has 0 spiro atoms. The molecule has 0 saturated heterocycles. The number of nitrogens with zero attached hydrogens (tertiary/aromatic N) is 2. The molecule has 0 bridgehead atoms. The van der Waals surface area contributed by atoms with E-state index in [9.17, 15) is 19.2 Å². The molecule has 4 rings (SSSR count). The topological polar surface area (TPSA) is 74.8 Å². The van der Waals surface area contributed by atoms with Crippen LogP contribution in [0.15, 0.2) is 21.1 Å². The Bertz CT molecular complexity index is 1330. The first-order chi connectivity index (χ1) is 22.2. The first-order valence-electron chi connectivity index (χ1n) is 17.9. The molecule has 2 unspecified atom stereocenters. The summed E-state index contributed by atoms with van der Waals surface area (Å²) < 4.78 is 0.981. The molecule has 0 radical (unpaired) electrons. The molecule has 6 nitrogen and oxygen atoms in total.